The van der Waals surface area contributed by atoms with E-state index in [0.29, 0.717) is 0 Å². The molecule has 0 aliphatic rings. The summed E-state index contributed by atoms with van der Waals surface area (Å²) in [6.07, 6.45) is -4.79. The summed E-state index contributed by atoms with van der Waals surface area (Å²) in [6.45, 7) is 1.24. The van der Waals surface area contributed by atoms with E-state index in [0.717, 1.165) is 0 Å². The molecule has 0 bridgehead atoms. The number of carbonyl (C=O) groups excluding carboxylic acids is 1. The Kier molecular flexibility index (Phi) is 5.89. The maximum atomic E-state index is 12.9. The summed E-state index contributed by atoms with van der Waals surface area (Å²) in [5.41, 5.74) is -2.75. The molecule has 1 aromatic heterocycles. The molecular weight excluding hydrogens is 293 g/mol. The third-order valence-corrected chi connectivity index (χ3v) is 2.72. The second-order valence-electron chi connectivity index (χ2n) is 4.08. The smallest absolute Gasteiger partial charge is 0.422 e. The van der Waals surface area contributed by atoms with Gasteiger partial charge in [-0.3, -0.25) is 9.59 Å². The van der Waals surface area contributed by atoms with Gasteiger partial charge in [0, 0.05) is 0 Å². The highest BCUT2D eigenvalue weighted by Gasteiger charge is 2.37. The standard InChI is InChI=1S/C12H15F3N2O4/c1-3-7-8(6-21-5-4-9(18)20-2)16-17-11(19)10(7)12(13,14)15/h3-6H2,1-2H3,(H,17,19). The molecule has 1 heterocycles. The van der Waals surface area contributed by atoms with E-state index in [2.05, 4.69) is 9.84 Å². The molecule has 0 saturated carbocycles. The molecule has 1 aromatic rings. The molecule has 0 unspecified atom stereocenters. The average molecular weight is 308 g/mol. The number of halogens is 3. The van der Waals surface area contributed by atoms with Crippen LogP contribution in [0.4, 0.5) is 13.2 Å². The number of hydrogen-bond acceptors (Lipinski definition) is 5. The number of H-pyrrole nitrogens is 1. The van der Waals surface area contributed by atoms with Crippen LogP contribution in [-0.4, -0.2) is 29.9 Å². The number of aromatic amines is 1. The fourth-order valence-corrected chi connectivity index (χ4v) is 1.75. The molecule has 0 aromatic carbocycles. The Hall–Kier alpha value is -1.90. The van der Waals surface area contributed by atoms with E-state index >= 15 is 0 Å². The molecule has 6 nitrogen and oxygen atoms in total. The van der Waals surface area contributed by atoms with Crippen molar-refractivity contribution in [2.24, 2.45) is 0 Å². The molecule has 0 fully saturated rings. The second-order valence-corrected chi connectivity index (χ2v) is 4.08. The molecule has 1 N–H and O–H groups in total. The van der Waals surface area contributed by atoms with Crippen molar-refractivity contribution < 1.29 is 27.4 Å². The van der Waals surface area contributed by atoms with Gasteiger partial charge in [0.05, 0.1) is 32.4 Å². The van der Waals surface area contributed by atoms with Gasteiger partial charge in [0.2, 0.25) is 0 Å². The number of nitrogens with one attached hydrogen (secondary N) is 1. The number of methoxy groups -OCH3 is 1. The number of carbonyl (C=O) groups is 1. The monoisotopic (exact) mass is 308 g/mol. The molecule has 21 heavy (non-hydrogen) atoms. The van der Waals surface area contributed by atoms with Gasteiger partial charge in [-0.2, -0.15) is 18.3 Å². The van der Waals surface area contributed by atoms with Crippen molar-refractivity contribution in [3.05, 3.63) is 27.2 Å². The number of nitrogens with zero attached hydrogens (tertiary/aromatic N) is 1. The van der Waals surface area contributed by atoms with Crippen LogP contribution in [-0.2, 0) is 33.5 Å². The highest BCUT2D eigenvalue weighted by atomic mass is 19.4. The third kappa shape index (κ3) is 4.55. The molecule has 1 rings (SSSR count). The van der Waals surface area contributed by atoms with E-state index < -0.39 is 23.3 Å². The minimum absolute atomic E-state index is 0.00529. The Bertz CT molecular complexity index is 554. The highest BCUT2D eigenvalue weighted by molar-refractivity contribution is 5.69. The maximum Gasteiger partial charge on any atom is 0.422 e. The van der Waals surface area contributed by atoms with Gasteiger partial charge in [0.15, 0.2) is 0 Å². The van der Waals surface area contributed by atoms with E-state index in [4.69, 9.17) is 4.74 Å². The predicted molar refractivity (Wildman–Crippen MR) is 65.5 cm³/mol. The number of hydrogen-bond donors (Lipinski definition) is 1. The van der Waals surface area contributed by atoms with Crippen molar-refractivity contribution >= 4 is 5.97 Å². The van der Waals surface area contributed by atoms with Crippen LogP contribution in [0, 0.1) is 0 Å². The van der Waals surface area contributed by atoms with Gasteiger partial charge in [0.1, 0.15) is 5.56 Å². The Morgan fingerprint density at radius 3 is 2.57 bits per heavy atom. The zero-order chi connectivity index (χ0) is 16.0. The zero-order valence-corrected chi connectivity index (χ0v) is 11.5. The van der Waals surface area contributed by atoms with Gasteiger partial charge >= 0.3 is 12.1 Å². The van der Waals surface area contributed by atoms with Gasteiger partial charge in [-0.15, -0.1) is 0 Å². The SMILES string of the molecule is CCc1c(COCCC(=O)OC)n[nH]c(=O)c1C(F)(F)F. The lowest BCUT2D eigenvalue weighted by Crippen LogP contribution is -2.27. The maximum absolute atomic E-state index is 12.9. The minimum atomic E-state index is -4.76. The zero-order valence-electron chi connectivity index (χ0n) is 11.5. The van der Waals surface area contributed by atoms with Crippen LogP contribution in [0.2, 0.25) is 0 Å². The van der Waals surface area contributed by atoms with Crippen LogP contribution in [0.1, 0.15) is 30.2 Å². The van der Waals surface area contributed by atoms with Crippen LogP contribution in [0.3, 0.4) is 0 Å². The predicted octanol–water partition coefficient (Wildman–Crippen LogP) is 1.43. The molecule has 9 heteroatoms. The van der Waals surface area contributed by atoms with Crippen LogP contribution in [0.5, 0.6) is 0 Å². The third-order valence-electron chi connectivity index (χ3n) is 2.72. The fraction of sp³-hybridized carbons (Fsp3) is 0.583. The number of esters is 1. The van der Waals surface area contributed by atoms with Crippen molar-refractivity contribution in [2.45, 2.75) is 32.5 Å². The van der Waals surface area contributed by atoms with E-state index in [1.165, 1.54) is 14.0 Å². The van der Waals surface area contributed by atoms with E-state index in [9.17, 15) is 22.8 Å². The molecule has 0 aliphatic carbocycles. The van der Waals surface area contributed by atoms with E-state index in [1.54, 1.807) is 0 Å². The second kappa shape index (κ2) is 7.21. The lowest BCUT2D eigenvalue weighted by Gasteiger charge is -2.13. The minimum Gasteiger partial charge on any atom is -0.469 e. The summed E-state index contributed by atoms with van der Waals surface area (Å²) in [4.78, 5) is 22.2. The first-order chi connectivity index (χ1) is 9.81. The van der Waals surface area contributed by atoms with Crippen LogP contribution >= 0.6 is 0 Å². The Labute approximate surface area is 118 Å². The lowest BCUT2D eigenvalue weighted by molar-refractivity contribution is -0.142. The first kappa shape index (κ1) is 17.2. The van der Waals surface area contributed by atoms with E-state index in [1.807, 2.05) is 5.10 Å². The van der Waals surface area contributed by atoms with Gasteiger partial charge in [-0.05, 0) is 12.0 Å². The Balaban J connectivity index is 2.89. The van der Waals surface area contributed by atoms with E-state index in [-0.39, 0.29) is 37.3 Å². The molecule has 0 radical (unpaired) electrons. The number of ether oxygens (including phenoxy) is 2. The lowest BCUT2D eigenvalue weighted by atomic mass is 10.1. The molecular formula is C12H15F3N2O4. The van der Waals surface area contributed by atoms with Gasteiger partial charge in [-0.25, -0.2) is 5.10 Å². The number of aromatic nitrogens is 2. The van der Waals surface area contributed by atoms with Gasteiger partial charge in [-0.1, -0.05) is 6.92 Å². The topological polar surface area (TPSA) is 81.3 Å². The summed E-state index contributed by atoms with van der Waals surface area (Å²) < 4.78 is 48.1. The van der Waals surface area contributed by atoms with Crippen molar-refractivity contribution in [2.75, 3.05) is 13.7 Å². The number of rotatable bonds is 6. The Morgan fingerprint density at radius 2 is 2.05 bits per heavy atom. The van der Waals surface area contributed by atoms with Crippen LogP contribution in [0.25, 0.3) is 0 Å². The summed E-state index contributed by atoms with van der Waals surface area (Å²) in [6, 6.07) is 0. The normalized spacial score (nSPS) is 11.5. The van der Waals surface area contributed by atoms with Crippen LogP contribution < -0.4 is 5.56 Å². The molecule has 0 spiro atoms. The van der Waals surface area contributed by atoms with Crippen molar-refractivity contribution in [3.8, 4) is 0 Å². The van der Waals surface area contributed by atoms with Gasteiger partial charge in [0.25, 0.3) is 5.56 Å². The highest BCUT2D eigenvalue weighted by Crippen LogP contribution is 2.30. The van der Waals surface area contributed by atoms with Crippen molar-refractivity contribution in [1.29, 1.82) is 0 Å². The first-order valence-corrected chi connectivity index (χ1v) is 6.13. The van der Waals surface area contributed by atoms with Crippen molar-refractivity contribution in [3.63, 3.8) is 0 Å². The molecule has 0 amide bonds. The summed E-state index contributed by atoms with van der Waals surface area (Å²) >= 11 is 0. The molecule has 118 valence electrons. The molecule has 0 atom stereocenters. The first-order valence-electron chi connectivity index (χ1n) is 6.13. The summed E-state index contributed by atoms with van der Waals surface area (Å²) in [5, 5.41) is 5.39. The Morgan fingerprint density at radius 1 is 1.38 bits per heavy atom. The quantitative estimate of drug-likeness (QED) is 0.635. The largest absolute Gasteiger partial charge is 0.469 e. The summed E-state index contributed by atoms with van der Waals surface area (Å²) in [5.74, 6) is -0.490. The average Bonchev–Trinajstić information content (AvgIpc) is 2.42. The fourth-order valence-electron chi connectivity index (χ4n) is 1.75. The molecule has 0 aliphatic heterocycles. The van der Waals surface area contributed by atoms with Crippen LogP contribution in [0.15, 0.2) is 4.79 Å². The summed E-state index contributed by atoms with van der Waals surface area (Å²) in [7, 11) is 1.22. The van der Waals surface area contributed by atoms with Gasteiger partial charge < -0.3 is 9.47 Å². The number of alkyl halides is 3. The van der Waals surface area contributed by atoms with Crippen molar-refractivity contribution in [1.82, 2.24) is 10.2 Å². The molecule has 0 saturated heterocycles.